The number of hydrogen-bond acceptors (Lipinski definition) is 4. The fraction of sp³-hybridized carbons (Fsp3) is 0.273. The van der Waals surface area contributed by atoms with Crippen molar-refractivity contribution in [3.05, 3.63) is 69.8 Å². The van der Waals surface area contributed by atoms with Crippen molar-refractivity contribution >= 4 is 29.2 Å². The van der Waals surface area contributed by atoms with E-state index in [1.165, 1.54) is 0 Å². The molecule has 0 radical (unpaired) electrons. The minimum Gasteiger partial charge on any atom is -0.461 e. The van der Waals surface area contributed by atoms with Gasteiger partial charge in [0, 0.05) is 28.7 Å². The molecule has 0 saturated heterocycles. The number of aromatic nitrogens is 2. The van der Waals surface area contributed by atoms with Crippen molar-refractivity contribution in [2.24, 2.45) is 0 Å². The van der Waals surface area contributed by atoms with E-state index in [2.05, 4.69) is 10.4 Å². The number of carbonyl (C=O) groups excluding carboxylic acids is 1. The van der Waals surface area contributed by atoms with Gasteiger partial charge in [-0.25, -0.2) is 9.48 Å². The van der Waals surface area contributed by atoms with Crippen LogP contribution < -0.4 is 5.32 Å². The number of hydrogen-bond donors (Lipinski definition) is 1. The van der Waals surface area contributed by atoms with Crippen LogP contribution in [-0.4, -0.2) is 28.4 Å². The van der Waals surface area contributed by atoms with Gasteiger partial charge in [-0.15, -0.1) is 0 Å². The van der Waals surface area contributed by atoms with E-state index in [0.29, 0.717) is 22.3 Å². The molecule has 29 heavy (non-hydrogen) atoms. The number of rotatable bonds is 7. The van der Waals surface area contributed by atoms with E-state index in [-0.39, 0.29) is 18.3 Å². The normalized spacial score (nSPS) is 11.1. The monoisotopic (exact) mass is 431 g/mol. The Morgan fingerprint density at radius 3 is 2.45 bits per heavy atom. The molecule has 0 fully saturated rings. The quantitative estimate of drug-likeness (QED) is 0.500. The van der Waals surface area contributed by atoms with Crippen molar-refractivity contribution in [1.29, 1.82) is 0 Å². The van der Waals surface area contributed by atoms with E-state index in [0.717, 1.165) is 16.8 Å². The summed E-state index contributed by atoms with van der Waals surface area (Å²) in [6.07, 6.45) is 0. The highest BCUT2D eigenvalue weighted by atomic mass is 35.5. The highest BCUT2D eigenvalue weighted by Gasteiger charge is 2.26. The summed E-state index contributed by atoms with van der Waals surface area (Å²) >= 11 is 12.6. The van der Waals surface area contributed by atoms with Gasteiger partial charge in [0.15, 0.2) is 5.69 Å². The second kappa shape index (κ2) is 9.44. The van der Waals surface area contributed by atoms with Crippen LogP contribution in [0.2, 0.25) is 10.0 Å². The number of nitrogens with zero attached hydrogens (tertiary/aromatic N) is 2. The molecule has 0 unspecified atom stereocenters. The van der Waals surface area contributed by atoms with Gasteiger partial charge in [-0.05, 0) is 31.2 Å². The molecule has 0 spiro atoms. The van der Waals surface area contributed by atoms with Gasteiger partial charge in [-0.2, -0.15) is 5.10 Å². The van der Waals surface area contributed by atoms with E-state index < -0.39 is 5.97 Å². The first-order valence-electron chi connectivity index (χ1n) is 9.45. The lowest BCUT2D eigenvalue weighted by atomic mass is 10.0. The third-order valence-electron chi connectivity index (χ3n) is 4.34. The average molecular weight is 432 g/mol. The molecule has 0 aliphatic heterocycles. The Labute approximate surface area is 180 Å². The minimum absolute atomic E-state index is 0.228. The number of halogens is 2. The van der Waals surface area contributed by atoms with Gasteiger partial charge >= 0.3 is 5.97 Å². The van der Waals surface area contributed by atoms with Crippen LogP contribution in [0.15, 0.2) is 48.5 Å². The van der Waals surface area contributed by atoms with E-state index >= 15 is 0 Å². The topological polar surface area (TPSA) is 56.1 Å². The highest BCUT2D eigenvalue weighted by molar-refractivity contribution is 6.32. The number of esters is 1. The molecule has 3 rings (SSSR count). The summed E-state index contributed by atoms with van der Waals surface area (Å²) in [5.74, 6) is -0.464. The molecular weight excluding hydrogens is 409 g/mol. The predicted molar refractivity (Wildman–Crippen MR) is 117 cm³/mol. The lowest BCUT2D eigenvalue weighted by molar-refractivity contribution is 0.0517. The summed E-state index contributed by atoms with van der Waals surface area (Å²) in [6.45, 7) is 6.59. The van der Waals surface area contributed by atoms with Crippen LogP contribution in [0.4, 0.5) is 0 Å². The molecule has 7 heteroatoms. The Balaban J connectivity index is 2.28. The smallest absolute Gasteiger partial charge is 0.359 e. The third-order valence-corrected chi connectivity index (χ3v) is 4.91. The molecule has 0 saturated carbocycles. The van der Waals surface area contributed by atoms with Gasteiger partial charge in [0.05, 0.1) is 23.0 Å². The maximum atomic E-state index is 12.7. The number of para-hydroxylation sites is 1. The molecule has 0 atom stereocenters. The minimum atomic E-state index is -0.464. The van der Waals surface area contributed by atoms with E-state index in [4.69, 9.17) is 27.9 Å². The average Bonchev–Trinajstić information content (AvgIpc) is 3.07. The van der Waals surface area contributed by atoms with E-state index in [1.807, 2.05) is 56.3 Å². The van der Waals surface area contributed by atoms with E-state index in [1.54, 1.807) is 17.7 Å². The molecular formula is C22H23Cl2N3O2. The molecule has 5 nitrogen and oxygen atoms in total. The van der Waals surface area contributed by atoms with Crippen molar-refractivity contribution in [2.75, 3.05) is 6.61 Å². The van der Waals surface area contributed by atoms with Crippen molar-refractivity contribution in [3.63, 3.8) is 0 Å². The lowest BCUT2D eigenvalue weighted by Gasteiger charge is -2.13. The van der Waals surface area contributed by atoms with Crippen molar-refractivity contribution < 1.29 is 9.53 Å². The zero-order valence-corrected chi connectivity index (χ0v) is 18.1. The molecule has 0 aliphatic rings. The summed E-state index contributed by atoms with van der Waals surface area (Å²) in [7, 11) is 0. The summed E-state index contributed by atoms with van der Waals surface area (Å²) in [5.41, 5.74) is 3.34. The maximum absolute atomic E-state index is 12.7. The van der Waals surface area contributed by atoms with Gasteiger partial charge < -0.3 is 10.1 Å². The SMILES string of the molecule is CCOC(=O)c1nn(-c2ccccc2Cl)c(-c2ccc(Cl)cc2)c1CNC(C)C. The Morgan fingerprint density at radius 1 is 1.14 bits per heavy atom. The lowest BCUT2D eigenvalue weighted by Crippen LogP contribution is -2.23. The molecule has 2 aromatic carbocycles. The first-order chi connectivity index (χ1) is 13.9. The zero-order chi connectivity index (χ0) is 21.0. The van der Waals surface area contributed by atoms with Gasteiger partial charge in [0.25, 0.3) is 0 Å². The van der Waals surface area contributed by atoms with Gasteiger partial charge in [0.1, 0.15) is 0 Å². The number of benzene rings is 2. The number of carbonyl (C=O) groups is 1. The fourth-order valence-corrected chi connectivity index (χ4v) is 3.33. The number of ether oxygens (including phenoxy) is 1. The van der Waals surface area contributed by atoms with Crippen LogP contribution in [-0.2, 0) is 11.3 Å². The summed E-state index contributed by atoms with van der Waals surface area (Å²) < 4.78 is 6.97. The molecule has 1 aromatic heterocycles. The van der Waals surface area contributed by atoms with Crippen molar-refractivity contribution in [3.8, 4) is 16.9 Å². The summed E-state index contributed by atoms with van der Waals surface area (Å²) in [4.78, 5) is 12.7. The van der Waals surface area contributed by atoms with Crippen LogP contribution in [0.3, 0.4) is 0 Å². The van der Waals surface area contributed by atoms with E-state index in [9.17, 15) is 4.79 Å². The second-order valence-electron chi connectivity index (χ2n) is 6.80. The van der Waals surface area contributed by atoms with Crippen LogP contribution in [0, 0.1) is 0 Å². The third kappa shape index (κ3) is 4.81. The summed E-state index contributed by atoms with van der Waals surface area (Å²) in [5, 5.41) is 9.16. The first kappa shape index (κ1) is 21.4. The molecule has 0 bridgehead atoms. The fourth-order valence-electron chi connectivity index (χ4n) is 2.99. The molecule has 0 amide bonds. The molecule has 3 aromatic rings. The standard InChI is InChI=1S/C22H23Cl2N3O2/c1-4-29-22(28)20-17(13-25-14(2)3)21(15-9-11-16(23)12-10-15)27(26-20)19-8-6-5-7-18(19)24/h5-12,14,25H,4,13H2,1-3H3. The maximum Gasteiger partial charge on any atom is 0.359 e. The predicted octanol–water partition coefficient (Wildman–Crippen LogP) is 5.52. The molecule has 1 N–H and O–H groups in total. The van der Waals surface area contributed by atoms with Crippen LogP contribution >= 0.6 is 23.2 Å². The largest absolute Gasteiger partial charge is 0.461 e. The number of nitrogens with one attached hydrogen (secondary N) is 1. The van der Waals surface area contributed by atoms with Crippen LogP contribution in [0.1, 0.15) is 36.8 Å². The highest BCUT2D eigenvalue weighted by Crippen LogP contribution is 2.33. The Morgan fingerprint density at radius 2 is 1.83 bits per heavy atom. The van der Waals surface area contributed by atoms with Gasteiger partial charge in [-0.3, -0.25) is 0 Å². The molecule has 1 heterocycles. The molecule has 152 valence electrons. The van der Waals surface area contributed by atoms with Crippen molar-refractivity contribution in [1.82, 2.24) is 15.1 Å². The Hall–Kier alpha value is -2.34. The summed E-state index contributed by atoms with van der Waals surface area (Å²) in [6, 6.07) is 15.0. The molecule has 0 aliphatic carbocycles. The van der Waals surface area contributed by atoms with Gasteiger partial charge in [0.2, 0.25) is 0 Å². The van der Waals surface area contributed by atoms with Gasteiger partial charge in [-0.1, -0.05) is 61.3 Å². The second-order valence-corrected chi connectivity index (χ2v) is 7.65. The van der Waals surface area contributed by atoms with Crippen LogP contribution in [0.25, 0.3) is 16.9 Å². The van der Waals surface area contributed by atoms with Crippen LogP contribution in [0.5, 0.6) is 0 Å². The zero-order valence-electron chi connectivity index (χ0n) is 16.6. The Bertz CT molecular complexity index is 998. The Kier molecular flexibility index (Phi) is 6.96. The first-order valence-corrected chi connectivity index (χ1v) is 10.2. The van der Waals surface area contributed by atoms with Crippen molar-refractivity contribution in [2.45, 2.75) is 33.4 Å².